The highest BCUT2D eigenvalue weighted by Gasteiger charge is 2.30. The topological polar surface area (TPSA) is 64.0 Å². The summed E-state index contributed by atoms with van der Waals surface area (Å²) in [5.74, 6) is -0.0615. The van der Waals surface area contributed by atoms with Gasteiger partial charge in [-0.15, -0.1) is 0 Å². The third-order valence-corrected chi connectivity index (χ3v) is 5.71. The van der Waals surface area contributed by atoms with Crippen LogP contribution in [-0.4, -0.2) is 20.7 Å². The van der Waals surface area contributed by atoms with Crippen molar-refractivity contribution >= 4 is 28.6 Å². The number of fused-ring (bicyclic) bond motifs is 1. The van der Waals surface area contributed by atoms with Gasteiger partial charge in [-0.1, -0.05) is 54.2 Å². The molecule has 1 amide bonds. The van der Waals surface area contributed by atoms with Crippen molar-refractivity contribution in [3.05, 3.63) is 70.5 Å². The maximum atomic E-state index is 12.9. The lowest BCUT2D eigenvalue weighted by Crippen LogP contribution is -2.31. The number of carbonyl (C=O) groups excluding carboxylic acids is 1. The number of aromatic nitrogens is 2. The summed E-state index contributed by atoms with van der Waals surface area (Å²) in [7, 11) is 0. The van der Waals surface area contributed by atoms with Gasteiger partial charge in [0.2, 0.25) is 5.91 Å². The maximum absolute atomic E-state index is 12.9. The Balaban J connectivity index is 1.54. The highest BCUT2D eigenvalue weighted by atomic mass is 32.2. The van der Waals surface area contributed by atoms with Gasteiger partial charge in [0, 0.05) is 12.6 Å². The van der Waals surface area contributed by atoms with E-state index < -0.39 is 0 Å². The van der Waals surface area contributed by atoms with Gasteiger partial charge < -0.3 is 5.32 Å². The third kappa shape index (κ3) is 3.90. The minimum atomic E-state index is -0.341. The molecule has 1 fully saturated rings. The van der Waals surface area contributed by atoms with Crippen molar-refractivity contribution in [2.45, 2.75) is 42.8 Å². The molecule has 0 unspecified atom stereocenters. The van der Waals surface area contributed by atoms with Gasteiger partial charge >= 0.3 is 0 Å². The van der Waals surface area contributed by atoms with E-state index >= 15 is 0 Å². The standard InChI is InChI=1S/C21H21N3O2S/c1-14(19(25)22-13-15-7-3-2-4-8-15)27-21-23-18-10-6-5-9-17(18)20(26)24(21)16-11-12-16/h2-10,14,16H,11-13H2,1H3,(H,22,25)/t14-/m1/s1. The number of rotatable bonds is 6. The van der Waals surface area contributed by atoms with Gasteiger partial charge in [0.1, 0.15) is 0 Å². The Morgan fingerprint density at radius 3 is 2.63 bits per heavy atom. The molecule has 1 aromatic heterocycles. The minimum Gasteiger partial charge on any atom is -0.351 e. The highest BCUT2D eigenvalue weighted by molar-refractivity contribution is 8.00. The molecule has 1 N–H and O–H groups in total. The molecule has 6 heteroatoms. The van der Waals surface area contributed by atoms with Gasteiger partial charge in [-0.3, -0.25) is 14.2 Å². The molecule has 0 radical (unpaired) electrons. The van der Waals surface area contributed by atoms with Crippen LogP contribution < -0.4 is 10.9 Å². The smallest absolute Gasteiger partial charge is 0.262 e. The average molecular weight is 379 g/mol. The maximum Gasteiger partial charge on any atom is 0.262 e. The van der Waals surface area contributed by atoms with Crippen molar-refractivity contribution in [3.8, 4) is 0 Å². The van der Waals surface area contributed by atoms with Crippen LogP contribution in [0.5, 0.6) is 0 Å². The van der Waals surface area contributed by atoms with E-state index in [-0.39, 0.29) is 22.8 Å². The van der Waals surface area contributed by atoms with Gasteiger partial charge in [0.25, 0.3) is 5.56 Å². The third-order valence-electron chi connectivity index (χ3n) is 4.65. The summed E-state index contributed by atoms with van der Waals surface area (Å²) in [6.07, 6.45) is 1.98. The molecule has 4 rings (SSSR count). The SMILES string of the molecule is C[C@@H](Sc1nc2ccccc2c(=O)n1C1CC1)C(=O)NCc1ccccc1. The van der Waals surface area contributed by atoms with E-state index in [4.69, 9.17) is 0 Å². The Hall–Kier alpha value is -2.60. The summed E-state index contributed by atoms with van der Waals surface area (Å²) in [6, 6.07) is 17.4. The Bertz CT molecular complexity index is 1030. The molecule has 0 bridgehead atoms. The second kappa shape index (κ2) is 7.56. The lowest BCUT2D eigenvalue weighted by Gasteiger charge is -2.16. The minimum absolute atomic E-state index is 0.0116. The van der Waals surface area contributed by atoms with Crippen LogP contribution in [-0.2, 0) is 11.3 Å². The lowest BCUT2D eigenvalue weighted by atomic mass is 10.2. The van der Waals surface area contributed by atoms with Gasteiger partial charge in [-0.05, 0) is 37.5 Å². The molecule has 27 heavy (non-hydrogen) atoms. The second-order valence-corrected chi connectivity index (χ2v) is 8.09. The summed E-state index contributed by atoms with van der Waals surface area (Å²) in [5, 5.41) is 3.88. The molecule has 1 heterocycles. The number of benzene rings is 2. The van der Waals surface area contributed by atoms with Crippen LogP contribution in [0.2, 0.25) is 0 Å². The van der Waals surface area contributed by atoms with Crippen LogP contribution in [0.3, 0.4) is 0 Å². The Labute approximate surface area is 161 Å². The van der Waals surface area contributed by atoms with E-state index in [0.717, 1.165) is 18.4 Å². The van der Waals surface area contributed by atoms with Gasteiger partial charge in [-0.25, -0.2) is 4.98 Å². The predicted octanol–water partition coefficient (Wildman–Crippen LogP) is 3.53. The number of nitrogens with one attached hydrogen (secondary N) is 1. The van der Waals surface area contributed by atoms with Crippen LogP contribution >= 0.6 is 11.8 Å². The van der Waals surface area contributed by atoms with Crippen molar-refractivity contribution in [3.63, 3.8) is 0 Å². The zero-order valence-electron chi connectivity index (χ0n) is 15.1. The monoisotopic (exact) mass is 379 g/mol. The Morgan fingerprint density at radius 1 is 1.19 bits per heavy atom. The molecule has 1 atom stereocenters. The van der Waals surface area contributed by atoms with Gasteiger partial charge in [0.05, 0.1) is 16.2 Å². The number of nitrogens with zero attached hydrogens (tertiary/aromatic N) is 2. The van der Waals surface area contributed by atoms with Crippen LogP contribution in [0.25, 0.3) is 10.9 Å². The molecule has 1 aliphatic rings. The number of para-hydroxylation sites is 1. The first kappa shape index (κ1) is 17.8. The van der Waals surface area contributed by atoms with Gasteiger partial charge in [0.15, 0.2) is 5.16 Å². The fourth-order valence-corrected chi connectivity index (χ4v) is 4.01. The van der Waals surface area contributed by atoms with E-state index in [1.54, 1.807) is 4.57 Å². The number of amides is 1. The number of hydrogen-bond donors (Lipinski definition) is 1. The van der Waals surface area contributed by atoms with E-state index in [2.05, 4.69) is 10.3 Å². The summed E-state index contributed by atoms with van der Waals surface area (Å²) < 4.78 is 1.77. The van der Waals surface area contributed by atoms with Crippen molar-refractivity contribution in [2.24, 2.45) is 0 Å². The lowest BCUT2D eigenvalue weighted by molar-refractivity contribution is -0.120. The predicted molar refractivity (Wildman–Crippen MR) is 108 cm³/mol. The average Bonchev–Trinajstić information content (AvgIpc) is 3.52. The molecule has 5 nitrogen and oxygen atoms in total. The normalized spacial score (nSPS) is 14.9. The first-order valence-corrected chi connectivity index (χ1v) is 10.0. The molecule has 0 aliphatic heterocycles. The largest absolute Gasteiger partial charge is 0.351 e. The molecule has 0 saturated heterocycles. The molecule has 2 aromatic carbocycles. The molecule has 0 spiro atoms. The van der Waals surface area contributed by atoms with Crippen molar-refractivity contribution in [1.82, 2.24) is 14.9 Å². The number of hydrogen-bond acceptors (Lipinski definition) is 4. The fraction of sp³-hybridized carbons (Fsp3) is 0.286. The van der Waals surface area contributed by atoms with E-state index in [1.165, 1.54) is 11.8 Å². The first-order valence-electron chi connectivity index (χ1n) is 9.13. The quantitative estimate of drug-likeness (QED) is 0.526. The molecular weight excluding hydrogens is 358 g/mol. The fourth-order valence-electron chi connectivity index (χ4n) is 3.00. The van der Waals surface area contributed by atoms with Crippen LogP contribution in [0, 0.1) is 0 Å². The summed E-state index contributed by atoms with van der Waals surface area (Å²) in [6.45, 7) is 2.34. The van der Waals surface area contributed by atoms with E-state index in [1.807, 2.05) is 61.5 Å². The summed E-state index contributed by atoms with van der Waals surface area (Å²) in [4.78, 5) is 30.1. The van der Waals surface area contributed by atoms with Crippen molar-refractivity contribution < 1.29 is 4.79 Å². The molecule has 138 valence electrons. The van der Waals surface area contributed by atoms with Crippen LogP contribution in [0.4, 0.5) is 0 Å². The Kier molecular flexibility index (Phi) is 4.99. The molecule has 3 aromatic rings. The molecule has 1 aliphatic carbocycles. The van der Waals surface area contributed by atoms with Crippen LogP contribution in [0.1, 0.15) is 31.4 Å². The second-order valence-electron chi connectivity index (χ2n) is 6.78. The number of thioether (sulfide) groups is 1. The van der Waals surface area contributed by atoms with Gasteiger partial charge in [-0.2, -0.15) is 0 Å². The summed E-state index contributed by atoms with van der Waals surface area (Å²) >= 11 is 1.35. The Morgan fingerprint density at radius 2 is 1.89 bits per heavy atom. The van der Waals surface area contributed by atoms with Crippen molar-refractivity contribution in [2.75, 3.05) is 0 Å². The van der Waals surface area contributed by atoms with Crippen LogP contribution in [0.15, 0.2) is 64.5 Å². The van der Waals surface area contributed by atoms with E-state index in [0.29, 0.717) is 22.6 Å². The molecule has 1 saturated carbocycles. The molecular formula is C21H21N3O2S. The highest BCUT2D eigenvalue weighted by Crippen LogP contribution is 2.37. The number of carbonyl (C=O) groups is 1. The van der Waals surface area contributed by atoms with E-state index in [9.17, 15) is 9.59 Å². The summed E-state index contributed by atoms with van der Waals surface area (Å²) in [5.41, 5.74) is 1.73. The zero-order valence-corrected chi connectivity index (χ0v) is 15.9. The first-order chi connectivity index (χ1) is 13.1. The van der Waals surface area contributed by atoms with Crippen molar-refractivity contribution in [1.29, 1.82) is 0 Å². The zero-order chi connectivity index (χ0) is 18.8.